The number of halogens is 3. The van der Waals surface area contributed by atoms with E-state index in [4.69, 9.17) is 14.3 Å². The minimum Gasteiger partial charge on any atom is -0.475 e. The van der Waals surface area contributed by atoms with Gasteiger partial charge in [-0.1, -0.05) is 0 Å². The first-order valence-corrected chi connectivity index (χ1v) is 9.31. The molecule has 0 bridgehead atoms. The molecule has 11 heteroatoms. The van der Waals surface area contributed by atoms with Crippen molar-refractivity contribution in [2.75, 3.05) is 13.1 Å². The van der Waals surface area contributed by atoms with E-state index in [1.54, 1.807) is 0 Å². The Balaban J connectivity index is 0.000000318. The highest BCUT2D eigenvalue weighted by Gasteiger charge is 2.38. The first-order valence-electron chi connectivity index (χ1n) is 9.31. The van der Waals surface area contributed by atoms with Crippen LogP contribution in [0.4, 0.5) is 13.2 Å². The fraction of sp³-hybridized carbons (Fsp3) is 0.421. The molecule has 0 atom stereocenters. The highest BCUT2D eigenvalue weighted by atomic mass is 19.4. The summed E-state index contributed by atoms with van der Waals surface area (Å²) in [6, 6.07) is 6.05. The Bertz CT molecular complexity index is 963. The lowest BCUT2D eigenvalue weighted by Crippen LogP contribution is -2.26. The zero-order valence-corrected chi connectivity index (χ0v) is 16.3. The van der Waals surface area contributed by atoms with Gasteiger partial charge >= 0.3 is 12.1 Å². The van der Waals surface area contributed by atoms with Crippen LogP contribution >= 0.6 is 0 Å². The van der Waals surface area contributed by atoms with E-state index in [1.807, 2.05) is 42.3 Å². The minimum atomic E-state index is -5.08. The molecular formula is C19H22F3N5O3. The number of rotatable bonds is 4. The lowest BCUT2D eigenvalue weighted by molar-refractivity contribution is -0.192. The molecule has 0 fully saturated rings. The number of aromatic nitrogens is 4. The van der Waals surface area contributed by atoms with Gasteiger partial charge in [0.15, 0.2) is 0 Å². The number of imidazole rings is 1. The summed E-state index contributed by atoms with van der Waals surface area (Å²) in [7, 11) is 0. The molecule has 3 aromatic heterocycles. The van der Waals surface area contributed by atoms with Crippen LogP contribution in [0.2, 0.25) is 0 Å². The number of aliphatic carboxylic acids is 1. The number of carboxylic acids is 1. The average molecular weight is 425 g/mol. The van der Waals surface area contributed by atoms with Gasteiger partial charge in [0.05, 0.1) is 25.0 Å². The van der Waals surface area contributed by atoms with E-state index in [0.29, 0.717) is 0 Å². The number of hydrogen-bond donors (Lipinski definition) is 1. The summed E-state index contributed by atoms with van der Waals surface area (Å²) < 4.78 is 41.7. The smallest absolute Gasteiger partial charge is 0.475 e. The molecule has 1 N–H and O–H groups in total. The Morgan fingerprint density at radius 2 is 2.00 bits per heavy atom. The molecule has 4 heterocycles. The summed E-state index contributed by atoms with van der Waals surface area (Å²) in [5.41, 5.74) is 1.22. The number of furan rings is 1. The van der Waals surface area contributed by atoms with Gasteiger partial charge in [0.1, 0.15) is 17.3 Å². The second-order valence-electron chi connectivity index (χ2n) is 6.86. The van der Waals surface area contributed by atoms with E-state index in [9.17, 15) is 13.2 Å². The van der Waals surface area contributed by atoms with Gasteiger partial charge in [-0.25, -0.2) is 9.78 Å². The van der Waals surface area contributed by atoms with Crippen LogP contribution < -0.4 is 0 Å². The fourth-order valence-corrected chi connectivity index (χ4v) is 3.17. The largest absolute Gasteiger partial charge is 0.490 e. The van der Waals surface area contributed by atoms with Crippen molar-refractivity contribution in [2.24, 2.45) is 0 Å². The Morgan fingerprint density at radius 1 is 1.23 bits per heavy atom. The number of aryl methyl sites for hydroxylation is 1. The normalized spacial score (nSPS) is 14.5. The standard InChI is InChI=1S/C17H21N5O.C2HF3O2/c1-14-3-4-16(23-14)13-20-8-5-17-18-11-15(22(17)10-9-20)12-21-7-2-6-19-21;3-2(4,5)1(6)7/h2-4,6-7,11H,5,8-10,12-13H2,1H3;(H,6,7). The number of alkyl halides is 3. The van der Waals surface area contributed by atoms with Crippen LogP contribution in [0.5, 0.6) is 0 Å². The third-order valence-corrected chi connectivity index (χ3v) is 4.61. The van der Waals surface area contributed by atoms with Crippen LogP contribution in [-0.2, 0) is 30.8 Å². The van der Waals surface area contributed by atoms with Crippen molar-refractivity contribution in [3.8, 4) is 0 Å². The summed E-state index contributed by atoms with van der Waals surface area (Å²) in [6.07, 6.45) is 1.68. The number of nitrogens with zero attached hydrogens (tertiary/aromatic N) is 5. The van der Waals surface area contributed by atoms with Crippen LogP contribution in [0.15, 0.2) is 41.2 Å². The van der Waals surface area contributed by atoms with Crippen molar-refractivity contribution in [1.29, 1.82) is 0 Å². The molecule has 3 aromatic rings. The Kier molecular flexibility index (Phi) is 6.60. The SMILES string of the molecule is Cc1ccc(CN2CCc3ncc(Cn4cccn4)n3CC2)o1.O=C(O)C(F)(F)F. The maximum Gasteiger partial charge on any atom is 0.490 e. The predicted octanol–water partition coefficient (Wildman–Crippen LogP) is 2.72. The van der Waals surface area contributed by atoms with E-state index < -0.39 is 12.1 Å². The van der Waals surface area contributed by atoms with Gasteiger partial charge < -0.3 is 14.1 Å². The molecule has 0 aliphatic carbocycles. The Morgan fingerprint density at radius 3 is 2.60 bits per heavy atom. The summed E-state index contributed by atoms with van der Waals surface area (Å²) >= 11 is 0. The van der Waals surface area contributed by atoms with Gasteiger partial charge in [0.25, 0.3) is 0 Å². The van der Waals surface area contributed by atoms with Gasteiger partial charge in [-0.05, 0) is 25.1 Å². The maximum absolute atomic E-state index is 10.6. The third-order valence-electron chi connectivity index (χ3n) is 4.61. The van der Waals surface area contributed by atoms with Crippen molar-refractivity contribution >= 4 is 5.97 Å². The van der Waals surface area contributed by atoms with Gasteiger partial charge in [-0.15, -0.1) is 0 Å². The predicted molar refractivity (Wildman–Crippen MR) is 99.7 cm³/mol. The molecule has 0 saturated carbocycles. The molecule has 4 rings (SSSR count). The molecule has 1 aliphatic heterocycles. The molecule has 0 saturated heterocycles. The molecule has 0 spiro atoms. The van der Waals surface area contributed by atoms with Crippen LogP contribution in [0, 0.1) is 6.92 Å². The van der Waals surface area contributed by atoms with Crippen molar-refractivity contribution in [3.05, 3.63) is 59.8 Å². The van der Waals surface area contributed by atoms with E-state index in [0.717, 1.165) is 50.7 Å². The molecule has 8 nitrogen and oxygen atoms in total. The number of carboxylic acid groups (broad SMARTS) is 1. The zero-order chi connectivity index (χ0) is 21.7. The van der Waals surface area contributed by atoms with Crippen molar-refractivity contribution < 1.29 is 27.5 Å². The second kappa shape index (κ2) is 9.16. The van der Waals surface area contributed by atoms with Gasteiger partial charge in [0.2, 0.25) is 0 Å². The van der Waals surface area contributed by atoms with E-state index in [2.05, 4.69) is 25.6 Å². The topological polar surface area (TPSA) is 89.3 Å². The summed E-state index contributed by atoms with van der Waals surface area (Å²) in [4.78, 5) is 15.9. The minimum absolute atomic E-state index is 0.775. The Hall–Kier alpha value is -3.08. The maximum atomic E-state index is 10.6. The van der Waals surface area contributed by atoms with E-state index >= 15 is 0 Å². The van der Waals surface area contributed by atoms with Crippen LogP contribution in [-0.4, -0.2) is 54.6 Å². The van der Waals surface area contributed by atoms with Crippen LogP contribution in [0.1, 0.15) is 23.0 Å². The number of carbonyl (C=O) groups is 1. The first-order chi connectivity index (χ1) is 14.2. The average Bonchev–Trinajstić information content (AvgIpc) is 3.38. The molecule has 1 aliphatic rings. The van der Waals surface area contributed by atoms with Crippen molar-refractivity contribution in [2.45, 2.75) is 39.2 Å². The lowest BCUT2D eigenvalue weighted by atomic mass is 10.3. The zero-order valence-electron chi connectivity index (χ0n) is 16.3. The molecule has 0 radical (unpaired) electrons. The highest BCUT2D eigenvalue weighted by Crippen LogP contribution is 2.16. The van der Waals surface area contributed by atoms with Gasteiger partial charge in [0, 0.05) is 38.4 Å². The molecule has 0 aromatic carbocycles. The first kappa shape index (κ1) is 21.6. The van der Waals surface area contributed by atoms with Crippen LogP contribution in [0.3, 0.4) is 0 Å². The number of fused-ring (bicyclic) bond motifs is 1. The highest BCUT2D eigenvalue weighted by molar-refractivity contribution is 5.73. The molecule has 30 heavy (non-hydrogen) atoms. The van der Waals surface area contributed by atoms with Gasteiger partial charge in [-0.2, -0.15) is 18.3 Å². The molecule has 162 valence electrons. The second-order valence-corrected chi connectivity index (χ2v) is 6.86. The molecule has 0 unspecified atom stereocenters. The lowest BCUT2D eigenvalue weighted by Gasteiger charge is -2.18. The molecule has 0 amide bonds. The number of hydrogen-bond acceptors (Lipinski definition) is 5. The van der Waals surface area contributed by atoms with E-state index in [1.165, 1.54) is 11.5 Å². The fourth-order valence-electron chi connectivity index (χ4n) is 3.17. The van der Waals surface area contributed by atoms with Crippen molar-refractivity contribution in [1.82, 2.24) is 24.2 Å². The van der Waals surface area contributed by atoms with Gasteiger partial charge in [-0.3, -0.25) is 9.58 Å². The van der Waals surface area contributed by atoms with Crippen molar-refractivity contribution in [3.63, 3.8) is 0 Å². The quantitative estimate of drug-likeness (QED) is 0.692. The third kappa shape index (κ3) is 5.72. The summed E-state index contributed by atoms with van der Waals surface area (Å²) in [6.45, 7) is 6.62. The summed E-state index contributed by atoms with van der Waals surface area (Å²) in [5.74, 6) is 0.431. The monoisotopic (exact) mass is 425 g/mol. The Labute approximate surface area is 170 Å². The van der Waals surface area contributed by atoms with Crippen LogP contribution in [0.25, 0.3) is 0 Å². The summed E-state index contributed by atoms with van der Waals surface area (Å²) in [5, 5.41) is 11.4. The molecular weight excluding hydrogens is 403 g/mol. The van der Waals surface area contributed by atoms with E-state index in [-0.39, 0.29) is 0 Å².